The predicted molar refractivity (Wildman–Crippen MR) is 72.2 cm³/mol. The minimum Gasteiger partial charge on any atom is -0.365 e. The highest BCUT2D eigenvalue weighted by molar-refractivity contribution is 6.20. The molecule has 2 fully saturated rings. The van der Waals surface area contributed by atoms with Gasteiger partial charge >= 0.3 is 0 Å². The predicted octanol–water partition coefficient (Wildman–Crippen LogP) is 2.40. The van der Waals surface area contributed by atoms with Crippen molar-refractivity contribution in [3.8, 4) is 0 Å². The standard InChI is InChI=1S/C13H18ClN3O/c14-10-2-1-9(7-10)8-16-12-13(18)17(6-5-15-12)11-3-4-11/h5-6,9-11H,1-4,7-8H2,(H,15,16). The zero-order chi connectivity index (χ0) is 12.5. The normalized spacial score (nSPS) is 27.4. The van der Waals surface area contributed by atoms with Crippen LogP contribution in [0.3, 0.4) is 0 Å². The fraction of sp³-hybridized carbons (Fsp3) is 0.692. The van der Waals surface area contributed by atoms with Crippen LogP contribution in [0.4, 0.5) is 5.82 Å². The topological polar surface area (TPSA) is 46.9 Å². The lowest BCUT2D eigenvalue weighted by molar-refractivity contribution is 0.578. The molecule has 18 heavy (non-hydrogen) atoms. The minimum absolute atomic E-state index is 0.0143. The van der Waals surface area contributed by atoms with Crippen LogP contribution in [-0.2, 0) is 0 Å². The molecule has 0 aliphatic heterocycles. The Morgan fingerprint density at radius 3 is 2.89 bits per heavy atom. The van der Waals surface area contributed by atoms with Crippen LogP contribution >= 0.6 is 11.6 Å². The molecule has 0 saturated heterocycles. The maximum atomic E-state index is 12.1. The molecule has 0 radical (unpaired) electrons. The van der Waals surface area contributed by atoms with Crippen LogP contribution in [0.2, 0.25) is 0 Å². The van der Waals surface area contributed by atoms with E-state index in [1.54, 1.807) is 17.0 Å². The van der Waals surface area contributed by atoms with Gasteiger partial charge in [-0.15, -0.1) is 11.6 Å². The molecule has 2 atom stereocenters. The number of nitrogens with one attached hydrogen (secondary N) is 1. The van der Waals surface area contributed by atoms with Crippen molar-refractivity contribution >= 4 is 17.4 Å². The molecule has 0 bridgehead atoms. The second kappa shape index (κ2) is 4.92. The Morgan fingerprint density at radius 2 is 2.22 bits per heavy atom. The van der Waals surface area contributed by atoms with Crippen molar-refractivity contribution < 1.29 is 0 Å². The molecule has 2 unspecified atom stereocenters. The summed E-state index contributed by atoms with van der Waals surface area (Å²) in [6, 6.07) is 0.403. The van der Waals surface area contributed by atoms with E-state index in [9.17, 15) is 4.79 Å². The summed E-state index contributed by atoms with van der Waals surface area (Å²) in [7, 11) is 0. The smallest absolute Gasteiger partial charge is 0.293 e. The number of halogens is 1. The largest absolute Gasteiger partial charge is 0.365 e. The van der Waals surface area contributed by atoms with Crippen LogP contribution in [0, 0.1) is 5.92 Å². The van der Waals surface area contributed by atoms with Crippen LogP contribution in [0.15, 0.2) is 17.2 Å². The van der Waals surface area contributed by atoms with Gasteiger partial charge in [-0.25, -0.2) is 4.98 Å². The van der Waals surface area contributed by atoms with Crippen LogP contribution in [0.5, 0.6) is 0 Å². The van der Waals surface area contributed by atoms with E-state index >= 15 is 0 Å². The monoisotopic (exact) mass is 267 g/mol. The summed E-state index contributed by atoms with van der Waals surface area (Å²) >= 11 is 6.09. The molecule has 2 aliphatic rings. The van der Waals surface area contributed by atoms with Gasteiger partial charge in [0.15, 0.2) is 5.82 Å². The molecule has 98 valence electrons. The van der Waals surface area contributed by atoms with Crippen LogP contribution in [0.1, 0.15) is 38.1 Å². The van der Waals surface area contributed by atoms with Crippen LogP contribution in [0.25, 0.3) is 0 Å². The molecule has 5 heteroatoms. The molecule has 1 aromatic rings. The molecule has 0 amide bonds. The highest BCUT2D eigenvalue weighted by Gasteiger charge is 2.26. The molecular weight excluding hydrogens is 250 g/mol. The van der Waals surface area contributed by atoms with Gasteiger partial charge in [-0.1, -0.05) is 0 Å². The number of nitrogens with zero attached hydrogens (tertiary/aromatic N) is 2. The third-order valence-corrected chi connectivity index (χ3v) is 4.24. The quantitative estimate of drug-likeness (QED) is 0.852. The van der Waals surface area contributed by atoms with Gasteiger partial charge in [0.1, 0.15) is 0 Å². The van der Waals surface area contributed by atoms with Crippen LogP contribution < -0.4 is 10.9 Å². The van der Waals surface area contributed by atoms with Crippen molar-refractivity contribution in [1.29, 1.82) is 0 Å². The Hall–Kier alpha value is -1.03. The molecule has 3 rings (SSSR count). The number of alkyl halides is 1. The Kier molecular flexibility index (Phi) is 3.29. The van der Waals surface area contributed by atoms with Gasteiger partial charge in [-0.2, -0.15) is 0 Å². The SMILES string of the molecule is O=c1c(NCC2CCC(Cl)C2)nccn1C1CC1. The summed E-state index contributed by atoms with van der Waals surface area (Å²) in [6.45, 7) is 0.806. The Bertz CT molecular complexity index is 483. The lowest BCUT2D eigenvalue weighted by atomic mass is 10.1. The summed E-state index contributed by atoms with van der Waals surface area (Å²) in [6.07, 6.45) is 8.99. The molecule has 2 saturated carbocycles. The number of aromatic nitrogens is 2. The summed E-state index contributed by atoms with van der Waals surface area (Å²) < 4.78 is 1.80. The van der Waals surface area contributed by atoms with Crippen molar-refractivity contribution in [2.75, 3.05) is 11.9 Å². The minimum atomic E-state index is 0.0143. The van der Waals surface area contributed by atoms with E-state index in [0.717, 1.165) is 38.6 Å². The zero-order valence-corrected chi connectivity index (χ0v) is 11.1. The summed E-state index contributed by atoms with van der Waals surface area (Å²) in [5, 5.41) is 3.50. The van der Waals surface area contributed by atoms with Gasteiger partial charge in [0.25, 0.3) is 5.56 Å². The molecular formula is C13H18ClN3O. The molecule has 1 aromatic heterocycles. The number of hydrogen-bond acceptors (Lipinski definition) is 3. The number of rotatable bonds is 4. The number of anilines is 1. The first-order chi connectivity index (χ1) is 8.74. The van der Waals surface area contributed by atoms with E-state index in [1.165, 1.54) is 0 Å². The molecule has 0 aromatic carbocycles. The molecule has 1 N–H and O–H groups in total. The van der Waals surface area contributed by atoms with E-state index < -0.39 is 0 Å². The molecule has 0 spiro atoms. The molecule has 1 heterocycles. The van der Waals surface area contributed by atoms with Gasteiger partial charge in [0.05, 0.1) is 0 Å². The third-order valence-electron chi connectivity index (χ3n) is 3.84. The lowest BCUT2D eigenvalue weighted by Gasteiger charge is -2.12. The lowest BCUT2D eigenvalue weighted by Crippen LogP contribution is -2.25. The van der Waals surface area contributed by atoms with Gasteiger partial charge in [-0.3, -0.25) is 4.79 Å². The van der Waals surface area contributed by atoms with E-state index in [1.807, 2.05) is 0 Å². The van der Waals surface area contributed by atoms with Crippen molar-refractivity contribution in [1.82, 2.24) is 9.55 Å². The Balaban J connectivity index is 1.65. The second-order valence-corrected chi connectivity index (χ2v) is 5.99. The van der Waals surface area contributed by atoms with Crippen LogP contribution in [-0.4, -0.2) is 21.5 Å². The first-order valence-corrected chi connectivity index (χ1v) is 7.13. The maximum Gasteiger partial charge on any atom is 0.293 e. The summed E-state index contributed by atoms with van der Waals surface area (Å²) in [5.41, 5.74) is 0.0143. The van der Waals surface area contributed by atoms with Gasteiger partial charge in [-0.05, 0) is 38.0 Å². The Morgan fingerprint density at radius 1 is 1.39 bits per heavy atom. The average Bonchev–Trinajstić information content (AvgIpc) is 3.11. The first-order valence-electron chi connectivity index (χ1n) is 6.69. The van der Waals surface area contributed by atoms with Gasteiger partial charge in [0.2, 0.25) is 0 Å². The van der Waals surface area contributed by atoms with Crippen molar-refractivity contribution in [3.63, 3.8) is 0 Å². The van der Waals surface area contributed by atoms with Crippen molar-refractivity contribution in [2.45, 2.75) is 43.5 Å². The average molecular weight is 268 g/mol. The summed E-state index contributed by atoms with van der Waals surface area (Å²) in [5.74, 6) is 1.06. The summed E-state index contributed by atoms with van der Waals surface area (Å²) in [4.78, 5) is 16.3. The highest BCUT2D eigenvalue weighted by Crippen LogP contribution is 2.33. The van der Waals surface area contributed by atoms with Gasteiger partial charge < -0.3 is 9.88 Å². The molecule has 4 nitrogen and oxygen atoms in total. The highest BCUT2D eigenvalue weighted by atomic mass is 35.5. The van der Waals surface area contributed by atoms with E-state index in [2.05, 4.69) is 10.3 Å². The van der Waals surface area contributed by atoms with Gasteiger partial charge in [0, 0.05) is 30.4 Å². The van der Waals surface area contributed by atoms with E-state index in [0.29, 0.717) is 23.2 Å². The third kappa shape index (κ3) is 2.53. The van der Waals surface area contributed by atoms with Crippen molar-refractivity contribution in [2.24, 2.45) is 5.92 Å². The molecule has 2 aliphatic carbocycles. The maximum absolute atomic E-state index is 12.1. The zero-order valence-electron chi connectivity index (χ0n) is 10.3. The first kappa shape index (κ1) is 12.0. The number of hydrogen-bond donors (Lipinski definition) is 1. The van der Waals surface area contributed by atoms with E-state index in [-0.39, 0.29) is 5.56 Å². The van der Waals surface area contributed by atoms with E-state index in [4.69, 9.17) is 11.6 Å². The fourth-order valence-electron chi connectivity index (χ4n) is 2.63. The Labute approximate surface area is 111 Å². The fourth-order valence-corrected chi connectivity index (χ4v) is 3.00. The van der Waals surface area contributed by atoms with Crippen molar-refractivity contribution in [3.05, 3.63) is 22.7 Å². The second-order valence-electron chi connectivity index (χ2n) is 5.38.